The fourth-order valence-electron chi connectivity index (χ4n) is 1.28. The molecule has 5 heteroatoms. The van der Waals surface area contributed by atoms with Crippen molar-refractivity contribution in [1.82, 2.24) is 0 Å². The highest BCUT2D eigenvalue weighted by Crippen LogP contribution is 2.41. The maximum atomic E-state index is 13.3. The molecule has 2 rings (SSSR count). The van der Waals surface area contributed by atoms with E-state index in [0.29, 0.717) is 4.88 Å². The Morgan fingerprint density at radius 2 is 2.20 bits per heavy atom. The largest absolute Gasteiger partial charge is 0.206 e. The molecule has 0 aliphatic heterocycles. The Morgan fingerprint density at radius 3 is 2.67 bits per heavy atom. The quantitative estimate of drug-likeness (QED) is 0.653. The van der Waals surface area contributed by atoms with Crippen LogP contribution in [0, 0.1) is 12.7 Å². The minimum Gasteiger partial charge on any atom is -0.206 e. The highest BCUT2D eigenvalue weighted by molar-refractivity contribution is 9.10. The van der Waals surface area contributed by atoms with Crippen molar-refractivity contribution in [2.24, 2.45) is 0 Å². The third-order valence-corrected chi connectivity index (χ3v) is 5.63. The maximum absolute atomic E-state index is 13.3. The Kier molecular flexibility index (Phi) is 3.50. The summed E-state index contributed by atoms with van der Waals surface area (Å²) in [7, 11) is 0. The Bertz CT molecular complexity index is 477. The molecule has 2 aromatic heterocycles. The first-order valence-electron chi connectivity index (χ1n) is 4.22. The molecule has 0 amide bonds. The van der Waals surface area contributed by atoms with Crippen molar-refractivity contribution in [2.75, 3.05) is 0 Å². The molecule has 0 fully saturated rings. The number of hydrogen-bond donors (Lipinski definition) is 0. The average molecular weight is 326 g/mol. The maximum Gasteiger partial charge on any atom is 0.138 e. The van der Waals surface area contributed by atoms with Crippen molar-refractivity contribution in [1.29, 1.82) is 0 Å². The van der Waals surface area contributed by atoms with Gasteiger partial charge in [-0.1, -0.05) is 0 Å². The Labute approximate surface area is 109 Å². The lowest BCUT2D eigenvalue weighted by atomic mass is 10.3. The molecule has 1 atom stereocenters. The number of halogens is 3. The van der Waals surface area contributed by atoms with Gasteiger partial charge in [0, 0.05) is 14.2 Å². The highest BCUT2D eigenvalue weighted by Gasteiger charge is 2.20. The van der Waals surface area contributed by atoms with Crippen LogP contribution in [-0.4, -0.2) is 0 Å². The van der Waals surface area contributed by atoms with Crippen LogP contribution in [0.4, 0.5) is 4.39 Å². The molecular formula is C10H7BrClFS2. The molecule has 0 bridgehead atoms. The van der Waals surface area contributed by atoms with Gasteiger partial charge in [0.15, 0.2) is 0 Å². The molecule has 0 aliphatic rings. The van der Waals surface area contributed by atoms with E-state index in [0.717, 1.165) is 9.35 Å². The molecule has 0 N–H and O–H groups in total. The Balaban J connectivity index is 2.40. The van der Waals surface area contributed by atoms with Crippen LogP contribution in [0.2, 0.25) is 0 Å². The van der Waals surface area contributed by atoms with E-state index in [-0.39, 0.29) is 5.82 Å². The van der Waals surface area contributed by atoms with Crippen LogP contribution < -0.4 is 0 Å². The molecule has 2 heterocycles. The molecule has 0 nitrogen and oxygen atoms in total. The summed E-state index contributed by atoms with van der Waals surface area (Å²) in [5.74, 6) is -0.224. The van der Waals surface area contributed by atoms with Crippen molar-refractivity contribution in [3.8, 4) is 0 Å². The Hall–Kier alpha value is 0.1000. The fraction of sp³-hybridized carbons (Fsp3) is 0.200. The molecule has 0 saturated heterocycles. The second kappa shape index (κ2) is 4.53. The molecule has 15 heavy (non-hydrogen) atoms. The van der Waals surface area contributed by atoms with E-state index < -0.39 is 5.38 Å². The molecule has 2 aromatic rings. The van der Waals surface area contributed by atoms with Crippen molar-refractivity contribution in [3.05, 3.63) is 42.4 Å². The lowest BCUT2D eigenvalue weighted by Crippen LogP contribution is -1.89. The summed E-state index contributed by atoms with van der Waals surface area (Å²) >= 11 is 12.6. The van der Waals surface area contributed by atoms with Gasteiger partial charge in [-0.2, -0.15) is 0 Å². The summed E-state index contributed by atoms with van der Waals surface area (Å²) in [6, 6.07) is 3.45. The molecule has 0 saturated carbocycles. The highest BCUT2D eigenvalue weighted by atomic mass is 79.9. The van der Waals surface area contributed by atoms with Gasteiger partial charge < -0.3 is 0 Å². The van der Waals surface area contributed by atoms with Gasteiger partial charge in [-0.3, -0.25) is 0 Å². The predicted octanol–water partition coefficient (Wildman–Crippen LogP) is 5.35. The summed E-state index contributed by atoms with van der Waals surface area (Å²) in [4.78, 5) is 2.72. The first-order valence-corrected chi connectivity index (χ1v) is 7.15. The number of aryl methyl sites for hydroxylation is 1. The van der Waals surface area contributed by atoms with Gasteiger partial charge in [-0.25, -0.2) is 4.39 Å². The molecule has 80 valence electrons. The SMILES string of the molecule is Cc1cc(Br)c(C(Cl)c2sccc2F)s1. The second-order valence-corrected chi connectivity index (χ2v) is 6.59. The monoisotopic (exact) mass is 324 g/mol. The van der Waals surface area contributed by atoms with Gasteiger partial charge in [0.25, 0.3) is 0 Å². The van der Waals surface area contributed by atoms with Gasteiger partial charge >= 0.3 is 0 Å². The smallest absolute Gasteiger partial charge is 0.138 e. The molecule has 0 aromatic carbocycles. The zero-order valence-electron chi connectivity index (χ0n) is 7.76. The molecular weight excluding hydrogens is 319 g/mol. The van der Waals surface area contributed by atoms with E-state index in [4.69, 9.17) is 11.6 Å². The van der Waals surface area contributed by atoms with Crippen molar-refractivity contribution in [2.45, 2.75) is 12.3 Å². The summed E-state index contributed by atoms with van der Waals surface area (Å²) in [6.07, 6.45) is 0. The minimum atomic E-state index is -0.391. The van der Waals surface area contributed by atoms with Gasteiger partial charge in [0.1, 0.15) is 11.2 Å². The third kappa shape index (κ3) is 2.28. The van der Waals surface area contributed by atoms with Gasteiger partial charge in [0.05, 0.1) is 4.88 Å². The van der Waals surface area contributed by atoms with Crippen molar-refractivity contribution in [3.63, 3.8) is 0 Å². The first-order chi connectivity index (χ1) is 7.09. The summed E-state index contributed by atoms with van der Waals surface area (Å²) in [5, 5.41) is 1.33. The van der Waals surface area contributed by atoms with Crippen LogP contribution in [0.25, 0.3) is 0 Å². The van der Waals surface area contributed by atoms with Crippen LogP contribution in [0.15, 0.2) is 22.0 Å². The van der Waals surface area contributed by atoms with Crippen LogP contribution in [-0.2, 0) is 0 Å². The first kappa shape index (κ1) is 11.6. The number of hydrogen-bond acceptors (Lipinski definition) is 2. The van der Waals surface area contributed by atoms with Gasteiger partial charge in [-0.05, 0) is 40.4 Å². The van der Waals surface area contributed by atoms with Crippen LogP contribution in [0.5, 0.6) is 0 Å². The lowest BCUT2D eigenvalue weighted by molar-refractivity contribution is 0.621. The van der Waals surface area contributed by atoms with E-state index in [1.54, 1.807) is 16.7 Å². The normalized spacial score (nSPS) is 13.1. The van der Waals surface area contributed by atoms with Crippen molar-refractivity contribution >= 4 is 50.2 Å². The summed E-state index contributed by atoms with van der Waals surface area (Å²) < 4.78 is 14.3. The second-order valence-electron chi connectivity index (χ2n) is 3.06. The fourth-order valence-corrected chi connectivity index (χ4v) is 4.62. The standard InChI is InChI=1S/C10H7BrClFS2/c1-5-4-6(11)9(15-5)8(12)10-7(13)2-3-14-10/h2-4,8H,1H3. The number of rotatable bonds is 2. The molecule has 0 spiro atoms. The van der Waals surface area contributed by atoms with Gasteiger partial charge in [-0.15, -0.1) is 34.3 Å². The molecule has 1 unspecified atom stereocenters. The number of thiophene rings is 2. The van der Waals surface area contributed by atoms with E-state index in [1.807, 2.05) is 13.0 Å². The summed E-state index contributed by atoms with van der Waals surface area (Å²) in [5.41, 5.74) is 0. The Morgan fingerprint density at radius 1 is 1.47 bits per heavy atom. The zero-order valence-corrected chi connectivity index (χ0v) is 11.7. The number of alkyl halides is 1. The topological polar surface area (TPSA) is 0 Å². The van der Waals surface area contributed by atoms with Crippen LogP contribution in [0.1, 0.15) is 20.0 Å². The third-order valence-electron chi connectivity index (χ3n) is 1.94. The average Bonchev–Trinajstić information content (AvgIpc) is 2.71. The summed E-state index contributed by atoms with van der Waals surface area (Å²) in [6.45, 7) is 2.01. The van der Waals surface area contributed by atoms with E-state index >= 15 is 0 Å². The molecule has 0 aliphatic carbocycles. The molecule has 0 radical (unpaired) electrons. The van der Waals surface area contributed by atoms with E-state index in [2.05, 4.69) is 15.9 Å². The van der Waals surface area contributed by atoms with Gasteiger partial charge in [0.2, 0.25) is 0 Å². The van der Waals surface area contributed by atoms with Crippen LogP contribution >= 0.6 is 50.2 Å². The van der Waals surface area contributed by atoms with E-state index in [1.165, 1.54) is 22.3 Å². The van der Waals surface area contributed by atoms with Crippen molar-refractivity contribution < 1.29 is 4.39 Å². The minimum absolute atomic E-state index is 0.224. The van der Waals surface area contributed by atoms with E-state index in [9.17, 15) is 4.39 Å². The zero-order chi connectivity index (χ0) is 11.0. The lowest BCUT2D eigenvalue weighted by Gasteiger charge is -2.05. The predicted molar refractivity (Wildman–Crippen MR) is 68.7 cm³/mol. The van der Waals surface area contributed by atoms with Crippen LogP contribution in [0.3, 0.4) is 0 Å².